The number of benzene rings is 8. The van der Waals surface area contributed by atoms with Gasteiger partial charge in [0.25, 0.3) is 0 Å². The lowest BCUT2D eigenvalue weighted by atomic mass is 10.00. The third kappa shape index (κ3) is 4.17. The predicted octanol–water partition coefficient (Wildman–Crippen LogP) is 13.4. The van der Waals surface area contributed by atoms with Gasteiger partial charge in [-0.2, -0.15) is 0 Å². The Morgan fingerprint density at radius 2 is 1.06 bits per heavy atom. The summed E-state index contributed by atoms with van der Waals surface area (Å²) < 4.78 is 8.69. The van der Waals surface area contributed by atoms with Crippen LogP contribution in [-0.2, 0) is 0 Å². The minimum atomic E-state index is 0.915. The van der Waals surface area contributed by atoms with Gasteiger partial charge in [-0.3, -0.25) is 0 Å². The lowest BCUT2D eigenvalue weighted by Gasteiger charge is -2.27. The molecule has 0 N–H and O–H groups in total. The molecule has 0 saturated carbocycles. The van der Waals surface area contributed by atoms with Gasteiger partial charge in [-0.1, -0.05) is 109 Å². The van der Waals surface area contributed by atoms with Crippen LogP contribution in [0.5, 0.6) is 0 Å². The van der Waals surface area contributed by atoms with Crippen molar-refractivity contribution >= 4 is 92.1 Å². The molecule has 0 spiro atoms. The number of hydrogen-bond donors (Lipinski definition) is 0. The van der Waals surface area contributed by atoms with Gasteiger partial charge in [-0.05, 0) is 87.3 Å². The van der Waals surface area contributed by atoms with Crippen molar-refractivity contribution in [2.45, 2.75) is 0 Å². The highest BCUT2D eigenvalue weighted by Crippen LogP contribution is 2.46. The number of para-hydroxylation sites is 1. The van der Waals surface area contributed by atoms with Crippen molar-refractivity contribution in [1.82, 2.24) is 0 Å². The molecule has 0 amide bonds. The van der Waals surface area contributed by atoms with Crippen molar-refractivity contribution in [3.05, 3.63) is 164 Å². The van der Waals surface area contributed by atoms with Gasteiger partial charge in [-0.15, -0.1) is 11.3 Å². The minimum Gasteiger partial charge on any atom is -0.456 e. The summed E-state index contributed by atoms with van der Waals surface area (Å²) in [7, 11) is 0. The second-order valence-electron chi connectivity index (χ2n) is 12.1. The lowest BCUT2D eigenvalue weighted by molar-refractivity contribution is 0.669. The number of furan rings is 1. The molecule has 220 valence electrons. The van der Waals surface area contributed by atoms with E-state index in [1.807, 2.05) is 23.5 Å². The van der Waals surface area contributed by atoms with E-state index in [4.69, 9.17) is 4.42 Å². The van der Waals surface area contributed by atoms with Gasteiger partial charge in [0.15, 0.2) is 0 Å². The Kier molecular flexibility index (Phi) is 5.78. The molecule has 10 aromatic rings. The van der Waals surface area contributed by atoms with E-state index in [9.17, 15) is 0 Å². The van der Waals surface area contributed by atoms with Crippen LogP contribution in [0.4, 0.5) is 17.1 Å². The summed E-state index contributed by atoms with van der Waals surface area (Å²) >= 11 is 1.86. The molecule has 0 saturated heterocycles. The Labute approximate surface area is 275 Å². The highest BCUT2D eigenvalue weighted by molar-refractivity contribution is 7.26. The van der Waals surface area contributed by atoms with Gasteiger partial charge in [-0.25, -0.2) is 0 Å². The molecule has 2 aromatic heterocycles. The molecule has 10 rings (SSSR count). The molecule has 8 aromatic carbocycles. The first-order chi connectivity index (χ1) is 23.3. The largest absolute Gasteiger partial charge is 0.456 e. The SMILES string of the molecule is c1ccc2c(c1)ccc1ccc(N(c3ccc(-c4ccc5oc6ccccc6c5c4)cc3)c3cccc4c3sc3ccccc34)cc12. The van der Waals surface area contributed by atoms with Crippen LogP contribution in [-0.4, -0.2) is 0 Å². The first-order valence-electron chi connectivity index (χ1n) is 15.9. The number of fused-ring (bicyclic) bond motifs is 9. The molecule has 3 heteroatoms. The van der Waals surface area contributed by atoms with E-state index in [0.717, 1.165) is 33.3 Å². The average molecular weight is 618 g/mol. The monoisotopic (exact) mass is 617 g/mol. The first-order valence-corrected chi connectivity index (χ1v) is 16.7. The van der Waals surface area contributed by atoms with Crippen LogP contribution in [0.1, 0.15) is 0 Å². The van der Waals surface area contributed by atoms with Crippen molar-refractivity contribution in [2.24, 2.45) is 0 Å². The molecule has 0 aliphatic rings. The van der Waals surface area contributed by atoms with Gasteiger partial charge in [0, 0.05) is 37.6 Å². The zero-order valence-corrected chi connectivity index (χ0v) is 26.2. The van der Waals surface area contributed by atoms with Crippen LogP contribution in [0.3, 0.4) is 0 Å². The molecule has 0 aliphatic heterocycles. The Morgan fingerprint density at radius 3 is 1.96 bits per heavy atom. The van der Waals surface area contributed by atoms with E-state index in [2.05, 4.69) is 157 Å². The number of hydrogen-bond acceptors (Lipinski definition) is 3. The van der Waals surface area contributed by atoms with Crippen molar-refractivity contribution in [3.8, 4) is 11.1 Å². The van der Waals surface area contributed by atoms with Crippen LogP contribution in [0, 0.1) is 0 Å². The fourth-order valence-electron chi connectivity index (χ4n) is 7.17. The summed E-state index contributed by atoms with van der Waals surface area (Å²) in [4.78, 5) is 2.43. The van der Waals surface area contributed by atoms with Crippen molar-refractivity contribution in [2.75, 3.05) is 4.90 Å². The van der Waals surface area contributed by atoms with Gasteiger partial charge in [0.1, 0.15) is 11.2 Å². The summed E-state index contributed by atoms with van der Waals surface area (Å²) in [6.07, 6.45) is 0. The molecule has 47 heavy (non-hydrogen) atoms. The Morgan fingerprint density at radius 1 is 0.404 bits per heavy atom. The van der Waals surface area contributed by atoms with Gasteiger partial charge < -0.3 is 9.32 Å². The van der Waals surface area contributed by atoms with Crippen LogP contribution >= 0.6 is 11.3 Å². The second kappa shape index (κ2) is 10.3. The normalized spacial score (nSPS) is 11.8. The van der Waals surface area contributed by atoms with E-state index in [1.54, 1.807) is 0 Å². The van der Waals surface area contributed by atoms with Crippen molar-refractivity contribution in [1.29, 1.82) is 0 Å². The van der Waals surface area contributed by atoms with E-state index in [0.29, 0.717) is 0 Å². The van der Waals surface area contributed by atoms with Gasteiger partial charge in [0.05, 0.1) is 10.4 Å². The summed E-state index contributed by atoms with van der Waals surface area (Å²) in [5, 5.41) is 9.90. The third-order valence-electron chi connectivity index (χ3n) is 9.45. The molecule has 2 nitrogen and oxygen atoms in total. The van der Waals surface area contributed by atoms with E-state index < -0.39 is 0 Å². The molecular formula is C44H27NOS. The lowest BCUT2D eigenvalue weighted by Crippen LogP contribution is -2.10. The van der Waals surface area contributed by atoms with E-state index >= 15 is 0 Å². The van der Waals surface area contributed by atoms with Gasteiger partial charge in [0.2, 0.25) is 0 Å². The first kappa shape index (κ1) is 26.3. The average Bonchev–Trinajstić information content (AvgIpc) is 3.71. The van der Waals surface area contributed by atoms with Crippen LogP contribution in [0.25, 0.3) is 74.8 Å². The van der Waals surface area contributed by atoms with Crippen molar-refractivity contribution < 1.29 is 4.42 Å². The fourth-order valence-corrected chi connectivity index (χ4v) is 8.38. The minimum absolute atomic E-state index is 0.915. The fraction of sp³-hybridized carbons (Fsp3) is 0. The molecule has 0 fully saturated rings. The van der Waals surface area contributed by atoms with Crippen LogP contribution < -0.4 is 4.90 Å². The van der Waals surface area contributed by atoms with E-state index in [-0.39, 0.29) is 0 Å². The Balaban J connectivity index is 1.16. The van der Waals surface area contributed by atoms with Crippen molar-refractivity contribution in [3.63, 3.8) is 0 Å². The van der Waals surface area contributed by atoms with E-state index in [1.165, 1.54) is 58.5 Å². The highest BCUT2D eigenvalue weighted by atomic mass is 32.1. The van der Waals surface area contributed by atoms with Crippen LogP contribution in [0.2, 0.25) is 0 Å². The zero-order valence-electron chi connectivity index (χ0n) is 25.4. The van der Waals surface area contributed by atoms with Gasteiger partial charge >= 0.3 is 0 Å². The summed E-state index contributed by atoms with van der Waals surface area (Å²) in [6, 6.07) is 59.2. The second-order valence-corrected chi connectivity index (χ2v) is 13.2. The quantitative estimate of drug-likeness (QED) is 0.183. The molecule has 0 aliphatic carbocycles. The maximum absolute atomic E-state index is 6.10. The molecule has 2 heterocycles. The predicted molar refractivity (Wildman–Crippen MR) is 202 cm³/mol. The zero-order chi connectivity index (χ0) is 30.9. The van der Waals surface area contributed by atoms with Crippen LogP contribution in [0.15, 0.2) is 168 Å². The molecule has 0 atom stereocenters. The molecular weight excluding hydrogens is 591 g/mol. The summed E-state index contributed by atoms with van der Waals surface area (Å²) in [5.74, 6) is 0. The third-order valence-corrected chi connectivity index (χ3v) is 10.7. The molecule has 0 bridgehead atoms. The maximum atomic E-state index is 6.10. The Bertz CT molecular complexity index is 2810. The number of thiophene rings is 1. The number of anilines is 3. The smallest absolute Gasteiger partial charge is 0.135 e. The maximum Gasteiger partial charge on any atom is 0.135 e. The molecule has 0 radical (unpaired) electrons. The summed E-state index contributed by atoms with van der Waals surface area (Å²) in [5.41, 5.74) is 7.62. The topological polar surface area (TPSA) is 16.4 Å². The summed E-state index contributed by atoms with van der Waals surface area (Å²) in [6.45, 7) is 0. The number of rotatable bonds is 4. The Hall–Kier alpha value is -5.90. The standard InChI is InChI=1S/C44H27NOS/c1-2-9-34-29(8-1)16-17-30-20-24-33(27-38(30)34)45(40-13-7-12-37-36-11-4-6-15-43(36)47-44(37)40)32-22-18-28(19-23-32)31-21-25-42-39(26-31)35-10-3-5-14-41(35)46-42/h1-27H. The molecule has 0 unspecified atom stereocenters. The highest BCUT2D eigenvalue weighted by Gasteiger charge is 2.19. The number of nitrogens with zero attached hydrogens (tertiary/aromatic N) is 1.